The fraction of sp³-hybridized carbons (Fsp3) is 0.412. The van der Waals surface area contributed by atoms with E-state index in [0.717, 1.165) is 23.6 Å². The summed E-state index contributed by atoms with van der Waals surface area (Å²) in [5, 5.41) is 3.60. The average molecular weight is 368 g/mol. The van der Waals surface area contributed by atoms with Crippen LogP contribution in [0.3, 0.4) is 0 Å². The molecule has 1 aliphatic rings. The molecule has 1 aromatic heterocycles. The van der Waals surface area contributed by atoms with E-state index in [2.05, 4.69) is 40.3 Å². The SMILES string of the molecule is CCNC(c1ccc(-c2cc(Br)c(F)cc2C)s1)C1CC1. The molecule has 1 aliphatic carbocycles. The van der Waals surface area contributed by atoms with Crippen molar-refractivity contribution < 1.29 is 4.39 Å². The Labute approximate surface area is 137 Å². The normalized spacial score (nSPS) is 16.2. The minimum Gasteiger partial charge on any atom is -0.309 e. The first-order valence-corrected chi connectivity index (χ1v) is 9.00. The summed E-state index contributed by atoms with van der Waals surface area (Å²) in [5.74, 6) is 0.592. The van der Waals surface area contributed by atoms with Crippen LogP contribution in [0.5, 0.6) is 0 Å². The molecule has 0 aliphatic heterocycles. The van der Waals surface area contributed by atoms with E-state index in [0.29, 0.717) is 10.5 Å². The molecule has 3 rings (SSSR count). The van der Waals surface area contributed by atoms with Gasteiger partial charge in [0.1, 0.15) is 5.82 Å². The van der Waals surface area contributed by atoms with Crippen molar-refractivity contribution in [3.63, 3.8) is 0 Å². The molecule has 1 fully saturated rings. The Hall–Kier alpha value is -0.710. The Morgan fingerprint density at radius 3 is 2.81 bits per heavy atom. The Morgan fingerprint density at radius 1 is 1.38 bits per heavy atom. The van der Waals surface area contributed by atoms with Crippen LogP contribution in [0.2, 0.25) is 0 Å². The van der Waals surface area contributed by atoms with Crippen LogP contribution in [0, 0.1) is 18.7 Å². The molecule has 1 N–H and O–H groups in total. The molecule has 0 radical (unpaired) electrons. The van der Waals surface area contributed by atoms with Crippen LogP contribution in [0.15, 0.2) is 28.7 Å². The number of halogens is 2. The number of hydrogen-bond acceptors (Lipinski definition) is 2. The van der Waals surface area contributed by atoms with Crippen LogP contribution in [0.25, 0.3) is 10.4 Å². The van der Waals surface area contributed by atoms with Crippen molar-refractivity contribution in [3.05, 3.63) is 45.0 Å². The van der Waals surface area contributed by atoms with Crippen molar-refractivity contribution in [1.82, 2.24) is 5.32 Å². The van der Waals surface area contributed by atoms with Gasteiger partial charge in [-0.25, -0.2) is 4.39 Å². The third-order valence-electron chi connectivity index (χ3n) is 3.98. The smallest absolute Gasteiger partial charge is 0.137 e. The highest BCUT2D eigenvalue weighted by molar-refractivity contribution is 9.10. The van der Waals surface area contributed by atoms with Crippen molar-refractivity contribution in [1.29, 1.82) is 0 Å². The quantitative estimate of drug-likeness (QED) is 0.715. The number of aryl methyl sites for hydroxylation is 1. The zero-order valence-electron chi connectivity index (χ0n) is 12.2. The van der Waals surface area contributed by atoms with E-state index in [1.54, 1.807) is 6.07 Å². The Kier molecular flexibility index (Phi) is 4.48. The number of thiophene rings is 1. The maximum Gasteiger partial charge on any atom is 0.137 e. The second-order valence-electron chi connectivity index (χ2n) is 5.66. The van der Waals surface area contributed by atoms with Gasteiger partial charge in [0.05, 0.1) is 4.47 Å². The largest absolute Gasteiger partial charge is 0.309 e. The van der Waals surface area contributed by atoms with Crippen molar-refractivity contribution in [2.75, 3.05) is 6.54 Å². The van der Waals surface area contributed by atoms with Crippen LogP contribution < -0.4 is 5.32 Å². The summed E-state index contributed by atoms with van der Waals surface area (Å²) in [6, 6.07) is 8.36. The minimum absolute atomic E-state index is 0.198. The highest BCUT2D eigenvalue weighted by atomic mass is 79.9. The van der Waals surface area contributed by atoms with Gasteiger partial charge >= 0.3 is 0 Å². The van der Waals surface area contributed by atoms with Crippen molar-refractivity contribution in [2.24, 2.45) is 5.92 Å². The minimum atomic E-state index is -0.198. The van der Waals surface area contributed by atoms with Crippen molar-refractivity contribution in [2.45, 2.75) is 32.7 Å². The lowest BCUT2D eigenvalue weighted by Crippen LogP contribution is -2.21. The molecule has 0 spiro atoms. The van der Waals surface area contributed by atoms with Gasteiger partial charge in [-0.3, -0.25) is 0 Å². The first-order valence-electron chi connectivity index (χ1n) is 7.39. The van der Waals surface area contributed by atoms with Gasteiger partial charge < -0.3 is 5.32 Å². The van der Waals surface area contributed by atoms with Gasteiger partial charge in [0.15, 0.2) is 0 Å². The van der Waals surface area contributed by atoms with Crippen LogP contribution in [-0.4, -0.2) is 6.54 Å². The van der Waals surface area contributed by atoms with E-state index in [9.17, 15) is 4.39 Å². The van der Waals surface area contributed by atoms with Gasteiger partial charge in [-0.15, -0.1) is 11.3 Å². The summed E-state index contributed by atoms with van der Waals surface area (Å²) in [7, 11) is 0. The zero-order valence-corrected chi connectivity index (χ0v) is 14.7. The molecule has 1 saturated carbocycles. The van der Waals surface area contributed by atoms with E-state index >= 15 is 0 Å². The molecular formula is C17H19BrFNS. The molecule has 112 valence electrons. The summed E-state index contributed by atoms with van der Waals surface area (Å²) in [4.78, 5) is 2.61. The molecule has 2 aromatic rings. The third-order valence-corrected chi connectivity index (χ3v) is 5.79. The first-order chi connectivity index (χ1) is 10.1. The molecule has 1 heterocycles. The van der Waals surface area contributed by atoms with Crippen LogP contribution in [-0.2, 0) is 0 Å². The summed E-state index contributed by atoms with van der Waals surface area (Å²) in [6.45, 7) is 5.12. The molecule has 0 amide bonds. The van der Waals surface area contributed by atoms with Crippen molar-refractivity contribution >= 4 is 27.3 Å². The van der Waals surface area contributed by atoms with Crippen LogP contribution >= 0.6 is 27.3 Å². The van der Waals surface area contributed by atoms with E-state index in [4.69, 9.17) is 0 Å². The third kappa shape index (κ3) is 3.22. The molecular weight excluding hydrogens is 349 g/mol. The van der Waals surface area contributed by atoms with E-state index in [1.165, 1.54) is 22.6 Å². The van der Waals surface area contributed by atoms with Gasteiger partial charge in [-0.05, 0) is 83.6 Å². The van der Waals surface area contributed by atoms with E-state index in [-0.39, 0.29) is 5.82 Å². The summed E-state index contributed by atoms with van der Waals surface area (Å²) >= 11 is 5.11. The van der Waals surface area contributed by atoms with Gasteiger partial charge in [0.2, 0.25) is 0 Å². The maximum absolute atomic E-state index is 13.6. The van der Waals surface area contributed by atoms with Crippen LogP contribution in [0.4, 0.5) is 4.39 Å². The van der Waals surface area contributed by atoms with E-state index < -0.39 is 0 Å². The standard InChI is InChI=1S/C17H19BrFNS/c1-3-20-17(11-4-5-11)16-7-6-15(21-16)12-9-13(18)14(19)8-10(12)2/h6-9,11,17,20H,3-5H2,1-2H3. The molecule has 1 unspecified atom stereocenters. The molecule has 4 heteroatoms. The monoisotopic (exact) mass is 367 g/mol. The Bertz CT molecular complexity index is 648. The number of hydrogen-bond donors (Lipinski definition) is 1. The number of nitrogens with one attached hydrogen (secondary N) is 1. The maximum atomic E-state index is 13.6. The van der Waals surface area contributed by atoms with E-state index in [1.807, 2.05) is 24.3 Å². The summed E-state index contributed by atoms with van der Waals surface area (Å²) in [5.41, 5.74) is 2.10. The lowest BCUT2D eigenvalue weighted by atomic mass is 10.1. The molecule has 21 heavy (non-hydrogen) atoms. The van der Waals surface area contributed by atoms with Gasteiger partial charge in [0.25, 0.3) is 0 Å². The van der Waals surface area contributed by atoms with Crippen molar-refractivity contribution in [3.8, 4) is 10.4 Å². The van der Waals surface area contributed by atoms with Gasteiger partial charge in [0, 0.05) is 15.8 Å². The highest BCUT2D eigenvalue weighted by Crippen LogP contribution is 2.44. The zero-order chi connectivity index (χ0) is 15.0. The highest BCUT2D eigenvalue weighted by Gasteiger charge is 2.32. The lowest BCUT2D eigenvalue weighted by molar-refractivity contribution is 0.504. The molecule has 1 aromatic carbocycles. The molecule has 0 saturated heterocycles. The predicted octanol–water partition coefficient (Wildman–Crippen LogP) is 5.69. The summed E-state index contributed by atoms with van der Waals surface area (Å²) < 4.78 is 14.1. The first kappa shape index (κ1) is 15.2. The molecule has 1 atom stereocenters. The average Bonchev–Trinajstić information content (AvgIpc) is 3.17. The second kappa shape index (κ2) is 6.19. The number of rotatable bonds is 5. The molecule has 0 bridgehead atoms. The predicted molar refractivity (Wildman–Crippen MR) is 91.3 cm³/mol. The fourth-order valence-electron chi connectivity index (χ4n) is 2.73. The Morgan fingerprint density at radius 2 is 2.14 bits per heavy atom. The second-order valence-corrected chi connectivity index (χ2v) is 7.63. The van der Waals surface area contributed by atoms with Gasteiger partial charge in [-0.2, -0.15) is 0 Å². The molecule has 1 nitrogen and oxygen atoms in total. The number of benzene rings is 1. The summed E-state index contributed by atoms with van der Waals surface area (Å²) in [6.07, 6.45) is 2.65. The lowest BCUT2D eigenvalue weighted by Gasteiger charge is -2.15. The van der Waals surface area contributed by atoms with Gasteiger partial charge in [-0.1, -0.05) is 6.92 Å². The van der Waals surface area contributed by atoms with Crippen LogP contribution in [0.1, 0.15) is 36.2 Å². The Balaban J connectivity index is 1.92. The topological polar surface area (TPSA) is 12.0 Å². The fourth-order valence-corrected chi connectivity index (χ4v) is 4.33.